The average Bonchev–Trinajstić information content (AvgIpc) is 2.37. The molecular formula is C14H11ClO3. The lowest BCUT2D eigenvalue weighted by Gasteiger charge is -2.06. The molecule has 0 bridgehead atoms. The first-order valence-corrected chi connectivity index (χ1v) is 5.73. The van der Waals surface area contributed by atoms with Crippen LogP contribution in [-0.4, -0.2) is 17.7 Å². The fraction of sp³-hybridized carbons (Fsp3) is 0.0714. The van der Waals surface area contributed by atoms with E-state index < -0.39 is 5.97 Å². The molecule has 0 heterocycles. The van der Waals surface area contributed by atoms with E-state index in [4.69, 9.17) is 21.4 Å². The highest BCUT2D eigenvalue weighted by Crippen LogP contribution is 2.25. The van der Waals surface area contributed by atoms with Crippen molar-refractivity contribution >= 4 is 17.6 Å². The lowest BCUT2D eigenvalue weighted by Crippen LogP contribution is -2.09. The number of carboxylic acids is 1. The van der Waals surface area contributed by atoms with E-state index in [1.807, 2.05) is 30.3 Å². The molecule has 0 saturated carbocycles. The molecule has 0 saturated heterocycles. The van der Waals surface area contributed by atoms with Crippen LogP contribution in [0.1, 0.15) is 0 Å². The van der Waals surface area contributed by atoms with Crippen molar-refractivity contribution in [2.75, 3.05) is 6.61 Å². The summed E-state index contributed by atoms with van der Waals surface area (Å²) in [6.45, 7) is -0.348. The van der Waals surface area contributed by atoms with Gasteiger partial charge in [-0.1, -0.05) is 35.9 Å². The summed E-state index contributed by atoms with van der Waals surface area (Å²) in [6.07, 6.45) is 0. The first-order chi connectivity index (χ1) is 8.65. The van der Waals surface area contributed by atoms with Crippen molar-refractivity contribution in [3.8, 4) is 16.9 Å². The van der Waals surface area contributed by atoms with Gasteiger partial charge in [0.2, 0.25) is 0 Å². The predicted octanol–water partition coefficient (Wildman–Crippen LogP) is 3.47. The van der Waals surface area contributed by atoms with Gasteiger partial charge < -0.3 is 9.84 Å². The van der Waals surface area contributed by atoms with Gasteiger partial charge in [0.1, 0.15) is 5.75 Å². The fourth-order valence-electron chi connectivity index (χ4n) is 1.58. The summed E-state index contributed by atoms with van der Waals surface area (Å²) >= 11 is 5.93. The molecule has 0 aliphatic rings. The molecule has 92 valence electrons. The quantitative estimate of drug-likeness (QED) is 0.918. The Hall–Kier alpha value is -2.00. The highest BCUT2D eigenvalue weighted by Gasteiger charge is 2.02. The average molecular weight is 263 g/mol. The highest BCUT2D eigenvalue weighted by molar-refractivity contribution is 6.30. The molecule has 0 aliphatic carbocycles. The Bertz CT molecular complexity index is 566. The minimum Gasteiger partial charge on any atom is -0.482 e. The molecule has 0 amide bonds. The number of hydrogen-bond donors (Lipinski definition) is 1. The van der Waals surface area contributed by atoms with Crippen LogP contribution in [-0.2, 0) is 4.79 Å². The molecule has 0 spiro atoms. The van der Waals surface area contributed by atoms with E-state index in [-0.39, 0.29) is 6.61 Å². The molecule has 0 aliphatic heterocycles. The monoisotopic (exact) mass is 262 g/mol. The van der Waals surface area contributed by atoms with Gasteiger partial charge in [-0.3, -0.25) is 0 Å². The van der Waals surface area contributed by atoms with E-state index in [2.05, 4.69) is 0 Å². The van der Waals surface area contributed by atoms with Crippen LogP contribution in [0.5, 0.6) is 5.75 Å². The Kier molecular flexibility index (Phi) is 3.85. The summed E-state index contributed by atoms with van der Waals surface area (Å²) in [6, 6.07) is 14.7. The van der Waals surface area contributed by atoms with E-state index in [0.717, 1.165) is 11.1 Å². The maximum Gasteiger partial charge on any atom is 0.341 e. The summed E-state index contributed by atoms with van der Waals surface area (Å²) in [5.41, 5.74) is 1.89. The summed E-state index contributed by atoms with van der Waals surface area (Å²) in [4.78, 5) is 10.4. The standard InChI is InChI=1S/C14H11ClO3/c15-12-5-1-3-10(7-12)11-4-2-6-13(8-11)18-9-14(16)17/h1-8H,9H2,(H,16,17). The molecule has 2 rings (SSSR count). The van der Waals surface area contributed by atoms with Crippen LogP contribution in [0.15, 0.2) is 48.5 Å². The van der Waals surface area contributed by atoms with Crippen LogP contribution in [0, 0.1) is 0 Å². The summed E-state index contributed by atoms with van der Waals surface area (Å²) in [7, 11) is 0. The minimum atomic E-state index is -0.997. The number of carboxylic acid groups (broad SMARTS) is 1. The Balaban J connectivity index is 2.24. The maximum atomic E-state index is 10.4. The minimum absolute atomic E-state index is 0.348. The van der Waals surface area contributed by atoms with Crippen LogP contribution in [0.25, 0.3) is 11.1 Å². The number of hydrogen-bond acceptors (Lipinski definition) is 2. The third-order valence-electron chi connectivity index (χ3n) is 2.35. The van der Waals surface area contributed by atoms with E-state index in [1.165, 1.54) is 0 Å². The molecule has 0 unspecified atom stereocenters. The number of aliphatic carboxylic acids is 1. The zero-order valence-corrected chi connectivity index (χ0v) is 10.2. The number of carbonyl (C=O) groups is 1. The van der Waals surface area contributed by atoms with Crippen molar-refractivity contribution in [3.63, 3.8) is 0 Å². The first-order valence-electron chi connectivity index (χ1n) is 5.36. The van der Waals surface area contributed by atoms with E-state index in [0.29, 0.717) is 10.8 Å². The predicted molar refractivity (Wildman–Crippen MR) is 70.0 cm³/mol. The molecule has 0 fully saturated rings. The fourth-order valence-corrected chi connectivity index (χ4v) is 1.77. The summed E-state index contributed by atoms with van der Waals surface area (Å²) in [5.74, 6) is -0.474. The maximum absolute atomic E-state index is 10.4. The molecule has 2 aromatic rings. The smallest absolute Gasteiger partial charge is 0.341 e. The second kappa shape index (κ2) is 5.56. The topological polar surface area (TPSA) is 46.5 Å². The molecule has 1 N–H and O–H groups in total. The van der Waals surface area contributed by atoms with Gasteiger partial charge in [0.25, 0.3) is 0 Å². The number of halogens is 1. The Morgan fingerprint density at radius 2 is 1.78 bits per heavy atom. The third kappa shape index (κ3) is 3.25. The van der Waals surface area contributed by atoms with E-state index >= 15 is 0 Å². The Labute approximate surface area is 110 Å². The van der Waals surface area contributed by atoms with Crippen LogP contribution in [0.2, 0.25) is 5.02 Å². The summed E-state index contributed by atoms with van der Waals surface area (Å²) in [5, 5.41) is 9.21. The van der Waals surface area contributed by atoms with Crippen molar-refractivity contribution in [1.29, 1.82) is 0 Å². The Morgan fingerprint density at radius 3 is 2.44 bits per heavy atom. The van der Waals surface area contributed by atoms with Gasteiger partial charge in [-0.2, -0.15) is 0 Å². The molecule has 0 radical (unpaired) electrons. The normalized spacial score (nSPS) is 10.1. The van der Waals surface area contributed by atoms with Gasteiger partial charge in [0.05, 0.1) is 0 Å². The lowest BCUT2D eigenvalue weighted by atomic mass is 10.1. The van der Waals surface area contributed by atoms with Crippen LogP contribution in [0.3, 0.4) is 0 Å². The Morgan fingerprint density at radius 1 is 1.11 bits per heavy atom. The number of rotatable bonds is 4. The van der Waals surface area contributed by atoms with Crippen molar-refractivity contribution in [2.45, 2.75) is 0 Å². The van der Waals surface area contributed by atoms with Gasteiger partial charge in [-0.25, -0.2) is 4.79 Å². The van der Waals surface area contributed by atoms with Crippen molar-refractivity contribution < 1.29 is 14.6 Å². The second-order valence-corrected chi connectivity index (χ2v) is 4.16. The highest BCUT2D eigenvalue weighted by atomic mass is 35.5. The van der Waals surface area contributed by atoms with Crippen molar-refractivity contribution in [3.05, 3.63) is 53.6 Å². The zero-order chi connectivity index (χ0) is 13.0. The molecular weight excluding hydrogens is 252 g/mol. The van der Waals surface area contributed by atoms with E-state index in [1.54, 1.807) is 18.2 Å². The van der Waals surface area contributed by atoms with E-state index in [9.17, 15) is 4.79 Å². The van der Waals surface area contributed by atoms with Gasteiger partial charge in [-0.05, 0) is 35.4 Å². The summed E-state index contributed by atoms with van der Waals surface area (Å²) < 4.78 is 5.13. The SMILES string of the molecule is O=C(O)COc1cccc(-c2cccc(Cl)c2)c1. The van der Waals surface area contributed by atoms with Gasteiger partial charge >= 0.3 is 5.97 Å². The third-order valence-corrected chi connectivity index (χ3v) is 2.59. The largest absolute Gasteiger partial charge is 0.482 e. The molecule has 4 heteroatoms. The molecule has 18 heavy (non-hydrogen) atoms. The first kappa shape index (κ1) is 12.5. The van der Waals surface area contributed by atoms with Crippen molar-refractivity contribution in [1.82, 2.24) is 0 Å². The van der Waals surface area contributed by atoms with Gasteiger partial charge in [0.15, 0.2) is 6.61 Å². The second-order valence-electron chi connectivity index (χ2n) is 3.72. The molecule has 3 nitrogen and oxygen atoms in total. The number of benzene rings is 2. The van der Waals surface area contributed by atoms with Crippen molar-refractivity contribution in [2.24, 2.45) is 0 Å². The van der Waals surface area contributed by atoms with Crippen LogP contribution < -0.4 is 4.74 Å². The zero-order valence-electron chi connectivity index (χ0n) is 9.47. The molecule has 2 aromatic carbocycles. The molecule has 0 aromatic heterocycles. The lowest BCUT2D eigenvalue weighted by molar-refractivity contribution is -0.139. The molecule has 0 atom stereocenters. The van der Waals surface area contributed by atoms with Gasteiger partial charge in [0, 0.05) is 5.02 Å². The van der Waals surface area contributed by atoms with Crippen LogP contribution in [0.4, 0.5) is 0 Å². The number of ether oxygens (including phenoxy) is 1. The van der Waals surface area contributed by atoms with Crippen LogP contribution >= 0.6 is 11.6 Å². The van der Waals surface area contributed by atoms with Gasteiger partial charge in [-0.15, -0.1) is 0 Å².